The van der Waals surface area contributed by atoms with Gasteiger partial charge in [-0.05, 0) is 25.7 Å². The molecular weight excluding hydrogens is 270 g/mol. The Labute approximate surface area is 124 Å². The molecule has 2 aliphatic rings. The minimum Gasteiger partial charge on any atom is -0.481 e. The van der Waals surface area contributed by atoms with E-state index in [1.807, 2.05) is 6.07 Å². The fourth-order valence-corrected chi connectivity index (χ4v) is 2.80. The number of aromatic nitrogens is 2. The molecule has 0 spiro atoms. The molecule has 21 heavy (non-hydrogen) atoms. The number of hydrogen-bond donors (Lipinski definition) is 1. The highest BCUT2D eigenvalue weighted by atomic mass is 16.5. The van der Waals surface area contributed by atoms with Gasteiger partial charge in [-0.25, -0.2) is 9.97 Å². The number of nitrogens with zero attached hydrogens (tertiary/aromatic N) is 3. The van der Waals surface area contributed by atoms with Crippen LogP contribution in [-0.2, 0) is 16.1 Å². The zero-order valence-electron chi connectivity index (χ0n) is 12.3. The normalized spacial score (nSPS) is 22.3. The van der Waals surface area contributed by atoms with Crippen molar-refractivity contribution in [1.82, 2.24) is 9.97 Å². The molecule has 1 N–H and O–H groups in total. The summed E-state index contributed by atoms with van der Waals surface area (Å²) in [7, 11) is 1.65. The predicted molar refractivity (Wildman–Crippen MR) is 77.3 cm³/mol. The van der Waals surface area contributed by atoms with E-state index in [0.717, 1.165) is 49.6 Å². The molecule has 6 heteroatoms. The van der Waals surface area contributed by atoms with Crippen LogP contribution in [0.4, 0.5) is 5.82 Å². The van der Waals surface area contributed by atoms with Gasteiger partial charge in [0, 0.05) is 32.2 Å². The molecule has 6 nitrogen and oxygen atoms in total. The van der Waals surface area contributed by atoms with E-state index in [2.05, 4.69) is 14.9 Å². The molecule has 114 valence electrons. The van der Waals surface area contributed by atoms with Crippen LogP contribution < -0.4 is 4.90 Å². The van der Waals surface area contributed by atoms with Crippen molar-refractivity contribution in [3.05, 3.63) is 17.6 Å². The number of carbonyl (C=O) groups is 1. The van der Waals surface area contributed by atoms with Crippen molar-refractivity contribution >= 4 is 11.8 Å². The van der Waals surface area contributed by atoms with Crippen LogP contribution >= 0.6 is 0 Å². The third-order valence-corrected chi connectivity index (χ3v) is 4.11. The number of carboxylic acid groups (broad SMARTS) is 1. The van der Waals surface area contributed by atoms with Gasteiger partial charge in [-0.1, -0.05) is 0 Å². The van der Waals surface area contributed by atoms with Gasteiger partial charge < -0.3 is 14.7 Å². The van der Waals surface area contributed by atoms with Crippen molar-refractivity contribution in [2.24, 2.45) is 5.92 Å². The van der Waals surface area contributed by atoms with Gasteiger partial charge in [0.25, 0.3) is 0 Å². The van der Waals surface area contributed by atoms with E-state index in [4.69, 9.17) is 4.74 Å². The van der Waals surface area contributed by atoms with Crippen LogP contribution in [0.1, 0.15) is 43.1 Å². The summed E-state index contributed by atoms with van der Waals surface area (Å²) in [6, 6.07) is 1.93. The van der Waals surface area contributed by atoms with Crippen LogP contribution in [-0.4, -0.2) is 41.2 Å². The van der Waals surface area contributed by atoms with Gasteiger partial charge in [0.15, 0.2) is 0 Å². The van der Waals surface area contributed by atoms with Crippen molar-refractivity contribution < 1.29 is 14.6 Å². The number of aliphatic carboxylic acids is 1. The van der Waals surface area contributed by atoms with E-state index in [1.165, 1.54) is 0 Å². The molecule has 0 amide bonds. The molecule has 0 bridgehead atoms. The van der Waals surface area contributed by atoms with Crippen molar-refractivity contribution in [2.45, 2.75) is 38.2 Å². The summed E-state index contributed by atoms with van der Waals surface area (Å²) in [6.45, 7) is 1.85. The monoisotopic (exact) mass is 291 g/mol. The molecule has 1 aromatic heterocycles. The molecule has 0 radical (unpaired) electrons. The fraction of sp³-hybridized carbons (Fsp3) is 0.667. The topological polar surface area (TPSA) is 75.5 Å². The molecule has 3 rings (SSSR count). The zero-order valence-corrected chi connectivity index (χ0v) is 12.3. The number of carboxylic acids is 1. The second kappa shape index (κ2) is 5.97. The van der Waals surface area contributed by atoms with Crippen molar-refractivity contribution in [2.75, 3.05) is 25.1 Å². The number of hydrogen-bond acceptors (Lipinski definition) is 5. The Hall–Kier alpha value is -1.69. The van der Waals surface area contributed by atoms with Gasteiger partial charge in [-0.2, -0.15) is 0 Å². The highest BCUT2D eigenvalue weighted by molar-refractivity contribution is 5.71. The molecule has 1 saturated heterocycles. The first kappa shape index (κ1) is 14.3. The number of ether oxygens (including phenoxy) is 1. The van der Waals surface area contributed by atoms with Crippen LogP contribution in [0.15, 0.2) is 6.07 Å². The average molecular weight is 291 g/mol. The maximum atomic E-state index is 11.2. The van der Waals surface area contributed by atoms with Crippen LogP contribution in [0.2, 0.25) is 0 Å². The molecule has 1 aliphatic carbocycles. The number of piperidine rings is 1. The number of anilines is 1. The van der Waals surface area contributed by atoms with Crippen LogP contribution in [0.3, 0.4) is 0 Å². The Balaban J connectivity index is 1.84. The Bertz CT molecular complexity index is 531. The first-order chi connectivity index (χ1) is 10.2. The van der Waals surface area contributed by atoms with Crippen LogP contribution in [0.25, 0.3) is 0 Å². The van der Waals surface area contributed by atoms with Crippen molar-refractivity contribution in [1.29, 1.82) is 0 Å². The van der Waals surface area contributed by atoms with E-state index < -0.39 is 5.97 Å². The molecular formula is C15H21N3O3. The highest BCUT2D eigenvalue weighted by Gasteiger charge is 2.30. The summed E-state index contributed by atoms with van der Waals surface area (Å²) in [5.74, 6) is 1.19. The summed E-state index contributed by atoms with van der Waals surface area (Å²) < 4.78 is 5.18. The number of methoxy groups -OCH3 is 1. The molecule has 0 unspecified atom stereocenters. The molecule has 0 aromatic carbocycles. The second-order valence-corrected chi connectivity index (χ2v) is 5.91. The lowest BCUT2D eigenvalue weighted by molar-refractivity contribution is -0.141. The lowest BCUT2D eigenvalue weighted by Crippen LogP contribution is -2.39. The maximum absolute atomic E-state index is 11.2. The van der Waals surface area contributed by atoms with Gasteiger partial charge in [0.1, 0.15) is 11.6 Å². The lowest BCUT2D eigenvalue weighted by Gasteiger charge is -2.32. The Morgan fingerprint density at radius 3 is 2.90 bits per heavy atom. The lowest BCUT2D eigenvalue weighted by atomic mass is 9.98. The summed E-state index contributed by atoms with van der Waals surface area (Å²) in [4.78, 5) is 22.5. The molecule has 2 heterocycles. The molecule has 1 aromatic rings. The molecule has 2 fully saturated rings. The summed E-state index contributed by atoms with van der Waals surface area (Å²) in [6.07, 6.45) is 3.93. The van der Waals surface area contributed by atoms with Gasteiger partial charge >= 0.3 is 5.97 Å². The largest absolute Gasteiger partial charge is 0.481 e. The first-order valence-electron chi connectivity index (χ1n) is 7.52. The van der Waals surface area contributed by atoms with Gasteiger partial charge in [-0.15, -0.1) is 0 Å². The highest BCUT2D eigenvalue weighted by Crippen LogP contribution is 2.39. The van der Waals surface area contributed by atoms with Gasteiger partial charge in [0.2, 0.25) is 0 Å². The second-order valence-electron chi connectivity index (χ2n) is 5.91. The smallest absolute Gasteiger partial charge is 0.308 e. The van der Waals surface area contributed by atoms with Gasteiger partial charge in [0.05, 0.1) is 18.2 Å². The Morgan fingerprint density at radius 1 is 1.43 bits per heavy atom. The minimum absolute atomic E-state index is 0.302. The standard InChI is InChI=1S/C15H21N3O3/c1-21-9-12-7-13(17-14(16-12)10-4-5-10)18-6-2-3-11(8-18)15(19)20/h7,10-11H,2-6,8-9H2,1H3,(H,19,20)/t11-/m0/s1. The number of rotatable bonds is 5. The van der Waals surface area contributed by atoms with E-state index in [1.54, 1.807) is 7.11 Å². The average Bonchev–Trinajstić information content (AvgIpc) is 3.32. The first-order valence-corrected chi connectivity index (χ1v) is 7.52. The van der Waals surface area contributed by atoms with E-state index in [9.17, 15) is 9.90 Å². The fourth-order valence-electron chi connectivity index (χ4n) is 2.80. The Kier molecular flexibility index (Phi) is 4.05. The van der Waals surface area contributed by atoms with Crippen molar-refractivity contribution in [3.63, 3.8) is 0 Å². The molecule has 1 atom stereocenters. The third kappa shape index (κ3) is 3.32. The zero-order chi connectivity index (χ0) is 14.8. The maximum Gasteiger partial charge on any atom is 0.308 e. The molecule has 1 saturated carbocycles. The van der Waals surface area contributed by atoms with Gasteiger partial charge in [-0.3, -0.25) is 4.79 Å². The predicted octanol–water partition coefficient (Wildman–Crippen LogP) is 1.80. The van der Waals surface area contributed by atoms with Crippen molar-refractivity contribution in [3.8, 4) is 0 Å². The van der Waals surface area contributed by atoms with Crippen LogP contribution in [0.5, 0.6) is 0 Å². The van der Waals surface area contributed by atoms with E-state index >= 15 is 0 Å². The van der Waals surface area contributed by atoms with Crippen LogP contribution in [0, 0.1) is 5.92 Å². The quantitative estimate of drug-likeness (QED) is 0.891. The summed E-state index contributed by atoms with van der Waals surface area (Å²) in [5, 5.41) is 9.22. The van der Waals surface area contributed by atoms with E-state index in [0.29, 0.717) is 19.1 Å². The third-order valence-electron chi connectivity index (χ3n) is 4.11. The minimum atomic E-state index is -0.715. The summed E-state index contributed by atoms with van der Waals surface area (Å²) in [5.41, 5.74) is 0.877. The SMILES string of the molecule is COCc1cc(N2CCC[C@H](C(=O)O)C2)nc(C2CC2)n1. The van der Waals surface area contributed by atoms with E-state index in [-0.39, 0.29) is 5.92 Å². The summed E-state index contributed by atoms with van der Waals surface area (Å²) >= 11 is 0. The Morgan fingerprint density at radius 2 is 2.24 bits per heavy atom. The molecule has 1 aliphatic heterocycles.